The molecule has 1 unspecified atom stereocenters. The molecule has 2 N–H and O–H groups in total. The van der Waals surface area contributed by atoms with Gasteiger partial charge < -0.3 is 5.11 Å². The predicted molar refractivity (Wildman–Crippen MR) is 118 cm³/mol. The monoisotopic (exact) mass is 403 g/mol. The smallest absolute Gasteiger partial charge is 0.246 e. The highest BCUT2D eigenvalue weighted by molar-refractivity contribution is 6.40. The van der Waals surface area contributed by atoms with Crippen LogP contribution < -0.4 is 0 Å². The molecule has 7 heteroatoms. The molecule has 1 atom stereocenters. The van der Waals surface area contributed by atoms with Gasteiger partial charge >= 0.3 is 0 Å². The molecule has 0 spiro atoms. The zero-order valence-corrected chi connectivity index (χ0v) is 17.4. The zero-order valence-electron chi connectivity index (χ0n) is 17.4. The van der Waals surface area contributed by atoms with Gasteiger partial charge in [-0.25, -0.2) is 9.57 Å². The first kappa shape index (κ1) is 20.1. The number of H-pyrrole nitrogens is 1. The van der Waals surface area contributed by atoms with Gasteiger partial charge in [0.2, 0.25) is 17.7 Å². The van der Waals surface area contributed by atoms with Crippen molar-refractivity contribution < 1.29 is 9.68 Å². The maximum atomic E-state index is 9.86. The van der Waals surface area contributed by atoms with Crippen molar-refractivity contribution in [1.29, 1.82) is 0 Å². The second-order valence-electron chi connectivity index (χ2n) is 7.55. The second-order valence-corrected chi connectivity index (χ2v) is 7.55. The van der Waals surface area contributed by atoms with E-state index in [9.17, 15) is 5.11 Å². The summed E-state index contributed by atoms with van der Waals surface area (Å²) in [6.45, 7) is 4.94. The van der Waals surface area contributed by atoms with Crippen LogP contribution in [0.25, 0.3) is 22.5 Å². The number of aromatic nitrogens is 4. The van der Waals surface area contributed by atoms with Crippen molar-refractivity contribution in [3.05, 3.63) is 54.1 Å². The quantitative estimate of drug-likeness (QED) is 0.564. The SMILES string of the molecule is CCCCC1N=C(C)C(CO)=[N+]1Cc1ccc(-c2ccccc2-c2nn[nH]n2)cc1. The lowest BCUT2D eigenvalue weighted by molar-refractivity contribution is -0.577. The van der Waals surface area contributed by atoms with E-state index in [2.05, 4.69) is 62.5 Å². The second kappa shape index (κ2) is 9.09. The third kappa shape index (κ3) is 4.07. The van der Waals surface area contributed by atoms with Crippen LogP contribution in [0, 0.1) is 0 Å². The number of hydrogen-bond donors (Lipinski definition) is 2. The van der Waals surface area contributed by atoms with Gasteiger partial charge in [0.1, 0.15) is 12.3 Å². The van der Waals surface area contributed by atoms with E-state index in [-0.39, 0.29) is 12.8 Å². The Morgan fingerprint density at radius 1 is 1.07 bits per heavy atom. The third-order valence-corrected chi connectivity index (χ3v) is 5.56. The Balaban J connectivity index is 1.59. The van der Waals surface area contributed by atoms with E-state index < -0.39 is 0 Å². The van der Waals surface area contributed by atoms with Gasteiger partial charge in [0.25, 0.3) is 0 Å². The minimum atomic E-state index is 0.0219. The largest absolute Gasteiger partial charge is 0.385 e. The highest BCUT2D eigenvalue weighted by Crippen LogP contribution is 2.30. The number of unbranched alkanes of at least 4 members (excludes halogenated alkanes) is 1. The molecule has 0 radical (unpaired) electrons. The molecule has 0 aliphatic carbocycles. The number of nitrogens with zero attached hydrogens (tertiary/aromatic N) is 5. The molecule has 3 aromatic rings. The van der Waals surface area contributed by atoms with Gasteiger partial charge in [0.05, 0.1) is 0 Å². The summed E-state index contributed by atoms with van der Waals surface area (Å²) in [5.74, 6) is 0.584. The fourth-order valence-electron chi connectivity index (χ4n) is 3.96. The van der Waals surface area contributed by atoms with E-state index in [0.29, 0.717) is 5.82 Å². The molecule has 0 saturated carbocycles. The molecule has 0 amide bonds. The van der Waals surface area contributed by atoms with Crippen molar-refractivity contribution >= 4 is 11.4 Å². The average molecular weight is 404 g/mol. The van der Waals surface area contributed by atoms with Gasteiger partial charge in [-0.2, -0.15) is 5.21 Å². The molecule has 154 valence electrons. The molecule has 4 rings (SSSR count). The minimum absolute atomic E-state index is 0.0219. The Morgan fingerprint density at radius 3 is 2.50 bits per heavy atom. The Kier molecular flexibility index (Phi) is 6.09. The van der Waals surface area contributed by atoms with Crippen LogP contribution in [-0.4, -0.2) is 54.5 Å². The molecule has 30 heavy (non-hydrogen) atoms. The summed E-state index contributed by atoms with van der Waals surface area (Å²) in [6.07, 6.45) is 3.39. The summed E-state index contributed by atoms with van der Waals surface area (Å²) in [5, 5.41) is 24.3. The molecule has 0 saturated heterocycles. The van der Waals surface area contributed by atoms with Crippen LogP contribution in [0.5, 0.6) is 0 Å². The zero-order chi connectivity index (χ0) is 20.9. The third-order valence-electron chi connectivity index (χ3n) is 5.56. The number of nitrogens with one attached hydrogen (secondary N) is 1. The molecular weight excluding hydrogens is 376 g/mol. The number of tetrazole rings is 1. The first-order valence-electron chi connectivity index (χ1n) is 10.4. The van der Waals surface area contributed by atoms with Crippen LogP contribution in [0.1, 0.15) is 38.7 Å². The molecule has 1 aromatic heterocycles. The highest BCUT2D eigenvalue weighted by Gasteiger charge is 2.32. The molecule has 1 aliphatic rings. The van der Waals surface area contributed by atoms with Crippen LogP contribution in [0.4, 0.5) is 0 Å². The lowest BCUT2D eigenvalue weighted by Gasteiger charge is -2.11. The minimum Gasteiger partial charge on any atom is -0.385 e. The summed E-state index contributed by atoms with van der Waals surface area (Å²) in [6, 6.07) is 16.6. The van der Waals surface area contributed by atoms with E-state index >= 15 is 0 Å². The van der Waals surface area contributed by atoms with E-state index in [1.807, 2.05) is 25.1 Å². The Bertz CT molecular complexity index is 1050. The number of aliphatic hydroxyl groups excluding tert-OH is 1. The molecule has 0 bridgehead atoms. The number of aliphatic imine (C=N–C) groups is 1. The van der Waals surface area contributed by atoms with E-state index in [1.54, 1.807) is 0 Å². The molecule has 7 nitrogen and oxygen atoms in total. The first-order valence-corrected chi connectivity index (χ1v) is 10.4. The van der Waals surface area contributed by atoms with Gasteiger partial charge in [-0.05, 0) is 29.7 Å². The van der Waals surface area contributed by atoms with Gasteiger partial charge in [-0.15, -0.1) is 10.2 Å². The number of aromatic amines is 1. The number of rotatable bonds is 8. The fourth-order valence-corrected chi connectivity index (χ4v) is 3.96. The van der Waals surface area contributed by atoms with Crippen molar-refractivity contribution in [3.8, 4) is 22.5 Å². The Morgan fingerprint density at radius 2 is 1.83 bits per heavy atom. The maximum absolute atomic E-state index is 9.86. The highest BCUT2D eigenvalue weighted by atomic mass is 16.3. The van der Waals surface area contributed by atoms with Crippen LogP contribution >= 0.6 is 0 Å². The van der Waals surface area contributed by atoms with Crippen molar-refractivity contribution in [1.82, 2.24) is 20.6 Å². The molecule has 2 heterocycles. The summed E-state index contributed by atoms with van der Waals surface area (Å²) < 4.78 is 2.24. The number of benzene rings is 2. The fraction of sp³-hybridized carbons (Fsp3) is 0.348. The van der Waals surface area contributed by atoms with E-state index in [4.69, 9.17) is 4.99 Å². The Labute approximate surface area is 176 Å². The predicted octanol–water partition coefficient (Wildman–Crippen LogP) is 3.47. The van der Waals surface area contributed by atoms with Gasteiger partial charge in [-0.3, -0.25) is 0 Å². The Hall–Kier alpha value is -3.19. The normalized spacial score (nSPS) is 16.2. The van der Waals surface area contributed by atoms with Crippen molar-refractivity contribution in [2.45, 2.75) is 45.8 Å². The lowest BCUT2D eigenvalue weighted by atomic mass is 9.98. The number of hydrogen-bond acceptors (Lipinski definition) is 5. The lowest BCUT2D eigenvalue weighted by Crippen LogP contribution is -2.29. The molecule has 1 aliphatic heterocycles. The van der Waals surface area contributed by atoms with Gasteiger partial charge in [-0.1, -0.05) is 61.9 Å². The van der Waals surface area contributed by atoms with Crippen LogP contribution in [0.3, 0.4) is 0 Å². The van der Waals surface area contributed by atoms with E-state index in [0.717, 1.165) is 53.9 Å². The maximum Gasteiger partial charge on any atom is 0.246 e. The molecule has 2 aromatic carbocycles. The van der Waals surface area contributed by atoms with Crippen molar-refractivity contribution in [2.24, 2.45) is 4.99 Å². The van der Waals surface area contributed by atoms with Crippen molar-refractivity contribution in [2.75, 3.05) is 6.61 Å². The molecule has 0 fully saturated rings. The standard InChI is InChI=1S/C23H27N6O/c1-3-4-9-22-24-16(2)21(15-30)29(22)14-17-10-12-18(13-11-17)19-7-5-6-8-20(19)23-25-27-28-26-23/h5-8,10-13,22,30H,3-4,9,14-15H2,1-2H3,(H,25,26,27,28)/q+1. The van der Waals surface area contributed by atoms with Gasteiger partial charge in [0, 0.05) is 17.5 Å². The number of aliphatic hydroxyl groups is 1. The van der Waals surface area contributed by atoms with Crippen LogP contribution in [-0.2, 0) is 6.54 Å². The summed E-state index contributed by atoms with van der Waals surface area (Å²) in [7, 11) is 0. The van der Waals surface area contributed by atoms with Gasteiger partial charge in [0.15, 0.2) is 6.54 Å². The van der Waals surface area contributed by atoms with Crippen LogP contribution in [0.15, 0.2) is 53.5 Å². The topological polar surface area (TPSA) is 90.1 Å². The average Bonchev–Trinajstić information content (AvgIpc) is 3.41. The van der Waals surface area contributed by atoms with Crippen molar-refractivity contribution in [3.63, 3.8) is 0 Å². The summed E-state index contributed by atoms with van der Waals surface area (Å²) >= 11 is 0. The molecular formula is C23H27N6O+. The summed E-state index contributed by atoms with van der Waals surface area (Å²) in [5.41, 5.74) is 6.18. The van der Waals surface area contributed by atoms with Crippen LogP contribution in [0.2, 0.25) is 0 Å². The first-order chi connectivity index (χ1) is 14.7. The summed E-state index contributed by atoms with van der Waals surface area (Å²) in [4.78, 5) is 4.78. The van der Waals surface area contributed by atoms with E-state index in [1.165, 1.54) is 5.56 Å².